The molecule has 1 aromatic carbocycles. The molecule has 19 heavy (non-hydrogen) atoms. The molecule has 0 unspecified atom stereocenters. The number of aromatic nitrogens is 2. The van der Waals surface area contributed by atoms with E-state index in [0.29, 0.717) is 11.6 Å². The van der Waals surface area contributed by atoms with E-state index in [4.69, 9.17) is 16.3 Å². The minimum Gasteiger partial charge on any atom is -0.439 e. The summed E-state index contributed by atoms with van der Waals surface area (Å²) in [5.74, 6) is 2.04. The van der Waals surface area contributed by atoms with Crippen molar-refractivity contribution in [1.29, 1.82) is 0 Å². The van der Waals surface area contributed by atoms with Gasteiger partial charge in [0.1, 0.15) is 11.6 Å². The van der Waals surface area contributed by atoms with Gasteiger partial charge in [0.05, 0.1) is 6.54 Å². The molecule has 96 valence electrons. The SMILES string of the molecule is Clc1nccc(Oc2ccc(C3=NCCN3)cc2)n1. The van der Waals surface area contributed by atoms with E-state index in [9.17, 15) is 0 Å². The minimum absolute atomic E-state index is 0.165. The lowest BCUT2D eigenvalue weighted by Crippen LogP contribution is -2.19. The Morgan fingerprint density at radius 3 is 2.68 bits per heavy atom. The maximum atomic E-state index is 5.70. The molecule has 1 aliphatic heterocycles. The third-order valence-corrected chi connectivity index (χ3v) is 2.81. The summed E-state index contributed by atoms with van der Waals surface area (Å²) >= 11 is 5.70. The Morgan fingerprint density at radius 1 is 1.16 bits per heavy atom. The van der Waals surface area contributed by atoms with Gasteiger partial charge in [0, 0.05) is 24.4 Å². The average Bonchev–Trinajstić information content (AvgIpc) is 2.94. The van der Waals surface area contributed by atoms with Crippen LogP contribution in [-0.2, 0) is 0 Å². The highest BCUT2D eigenvalue weighted by molar-refractivity contribution is 6.28. The van der Waals surface area contributed by atoms with Crippen molar-refractivity contribution in [3.63, 3.8) is 0 Å². The number of rotatable bonds is 3. The van der Waals surface area contributed by atoms with Crippen LogP contribution >= 0.6 is 11.6 Å². The van der Waals surface area contributed by atoms with E-state index in [2.05, 4.69) is 20.3 Å². The fourth-order valence-electron chi connectivity index (χ4n) is 1.77. The van der Waals surface area contributed by atoms with Gasteiger partial charge in [-0.3, -0.25) is 4.99 Å². The van der Waals surface area contributed by atoms with Crippen LogP contribution in [0.5, 0.6) is 11.6 Å². The van der Waals surface area contributed by atoms with Crippen molar-refractivity contribution in [1.82, 2.24) is 15.3 Å². The third-order valence-electron chi connectivity index (χ3n) is 2.62. The van der Waals surface area contributed by atoms with Gasteiger partial charge in [-0.05, 0) is 35.9 Å². The molecule has 0 aliphatic carbocycles. The first-order chi connectivity index (χ1) is 9.31. The molecule has 0 fully saturated rings. The Hall–Kier alpha value is -2.14. The van der Waals surface area contributed by atoms with Gasteiger partial charge in [-0.1, -0.05) is 0 Å². The monoisotopic (exact) mass is 274 g/mol. The second-order valence-electron chi connectivity index (χ2n) is 3.95. The first-order valence-electron chi connectivity index (χ1n) is 5.86. The lowest BCUT2D eigenvalue weighted by Gasteiger charge is -2.06. The second kappa shape index (κ2) is 5.24. The molecule has 0 atom stereocenters. The quantitative estimate of drug-likeness (QED) is 0.873. The van der Waals surface area contributed by atoms with Crippen molar-refractivity contribution in [3.8, 4) is 11.6 Å². The van der Waals surface area contributed by atoms with Crippen LogP contribution in [0, 0.1) is 0 Å². The summed E-state index contributed by atoms with van der Waals surface area (Å²) in [6, 6.07) is 9.30. The zero-order valence-corrected chi connectivity index (χ0v) is 10.8. The Kier molecular flexibility index (Phi) is 3.29. The second-order valence-corrected chi connectivity index (χ2v) is 4.29. The first kappa shape index (κ1) is 11.9. The van der Waals surface area contributed by atoms with Gasteiger partial charge in [-0.2, -0.15) is 4.98 Å². The van der Waals surface area contributed by atoms with E-state index >= 15 is 0 Å². The number of hydrogen-bond acceptors (Lipinski definition) is 5. The maximum absolute atomic E-state index is 5.70. The molecular weight excluding hydrogens is 264 g/mol. The van der Waals surface area contributed by atoms with Crippen molar-refractivity contribution in [2.45, 2.75) is 0 Å². The van der Waals surface area contributed by atoms with E-state index in [1.807, 2.05) is 24.3 Å². The number of halogens is 1. The molecule has 6 heteroatoms. The van der Waals surface area contributed by atoms with Crippen LogP contribution in [0.2, 0.25) is 5.28 Å². The van der Waals surface area contributed by atoms with Gasteiger partial charge < -0.3 is 10.1 Å². The van der Waals surface area contributed by atoms with Crippen LogP contribution in [0.1, 0.15) is 5.56 Å². The van der Waals surface area contributed by atoms with E-state index in [0.717, 1.165) is 24.5 Å². The summed E-state index contributed by atoms with van der Waals surface area (Å²) in [7, 11) is 0. The molecule has 2 aromatic rings. The topological polar surface area (TPSA) is 59.4 Å². The maximum Gasteiger partial charge on any atom is 0.225 e. The van der Waals surface area contributed by atoms with Crippen LogP contribution in [0.15, 0.2) is 41.5 Å². The Morgan fingerprint density at radius 2 is 2.00 bits per heavy atom. The minimum atomic E-state index is 0.165. The summed E-state index contributed by atoms with van der Waals surface area (Å²) in [5.41, 5.74) is 1.05. The number of amidine groups is 1. The molecule has 0 radical (unpaired) electrons. The Bertz CT molecular complexity index is 612. The highest BCUT2D eigenvalue weighted by Crippen LogP contribution is 2.20. The zero-order valence-electron chi connectivity index (χ0n) is 10.0. The standard InChI is InChI=1S/C13H11ClN4O/c14-13-17-6-5-11(18-13)19-10-3-1-9(2-4-10)12-15-7-8-16-12/h1-6H,7-8H2,(H,15,16). The Balaban J connectivity index is 1.75. The van der Waals surface area contributed by atoms with Crippen LogP contribution in [0.3, 0.4) is 0 Å². The van der Waals surface area contributed by atoms with Crippen molar-refractivity contribution < 1.29 is 4.74 Å². The number of hydrogen-bond donors (Lipinski definition) is 1. The van der Waals surface area contributed by atoms with Crippen molar-refractivity contribution in [2.24, 2.45) is 4.99 Å². The van der Waals surface area contributed by atoms with E-state index in [1.54, 1.807) is 12.3 Å². The molecule has 1 aromatic heterocycles. The summed E-state index contributed by atoms with van der Waals surface area (Å²) in [4.78, 5) is 12.1. The van der Waals surface area contributed by atoms with Crippen LogP contribution < -0.4 is 10.1 Å². The summed E-state index contributed by atoms with van der Waals surface area (Å²) < 4.78 is 5.58. The summed E-state index contributed by atoms with van der Waals surface area (Å²) in [6.45, 7) is 1.72. The molecule has 5 nitrogen and oxygen atoms in total. The van der Waals surface area contributed by atoms with Crippen molar-refractivity contribution in [2.75, 3.05) is 13.1 Å². The van der Waals surface area contributed by atoms with E-state index in [-0.39, 0.29) is 5.28 Å². The van der Waals surface area contributed by atoms with E-state index in [1.165, 1.54) is 0 Å². The number of ether oxygens (including phenoxy) is 1. The van der Waals surface area contributed by atoms with Gasteiger partial charge in [0.2, 0.25) is 11.2 Å². The number of nitrogens with zero attached hydrogens (tertiary/aromatic N) is 3. The molecule has 0 spiro atoms. The molecular formula is C13H11ClN4O. The van der Waals surface area contributed by atoms with Crippen molar-refractivity contribution >= 4 is 17.4 Å². The van der Waals surface area contributed by atoms with Gasteiger partial charge >= 0.3 is 0 Å². The molecule has 0 saturated carbocycles. The lowest BCUT2D eigenvalue weighted by atomic mass is 10.2. The molecule has 2 heterocycles. The average molecular weight is 275 g/mol. The highest BCUT2D eigenvalue weighted by Gasteiger charge is 2.08. The fraction of sp³-hybridized carbons (Fsp3) is 0.154. The zero-order chi connectivity index (χ0) is 13.1. The van der Waals surface area contributed by atoms with Crippen molar-refractivity contribution in [3.05, 3.63) is 47.4 Å². The van der Waals surface area contributed by atoms with Gasteiger partial charge in [0.25, 0.3) is 0 Å². The molecule has 1 N–H and O–H groups in total. The number of benzene rings is 1. The predicted octanol–water partition coefficient (Wildman–Crippen LogP) is 2.27. The van der Waals surface area contributed by atoms with Gasteiger partial charge in [0.15, 0.2) is 0 Å². The predicted molar refractivity (Wildman–Crippen MR) is 73.0 cm³/mol. The highest BCUT2D eigenvalue weighted by atomic mass is 35.5. The number of nitrogens with one attached hydrogen (secondary N) is 1. The molecule has 0 bridgehead atoms. The number of aliphatic imine (C=N–C) groups is 1. The molecule has 0 amide bonds. The van der Waals surface area contributed by atoms with E-state index < -0.39 is 0 Å². The molecule has 1 aliphatic rings. The lowest BCUT2D eigenvalue weighted by molar-refractivity contribution is 0.461. The summed E-state index contributed by atoms with van der Waals surface area (Å²) in [5, 5.41) is 3.39. The van der Waals surface area contributed by atoms with Gasteiger partial charge in [-0.15, -0.1) is 0 Å². The third kappa shape index (κ3) is 2.82. The van der Waals surface area contributed by atoms with Gasteiger partial charge in [-0.25, -0.2) is 4.98 Å². The van der Waals surface area contributed by atoms with Crippen LogP contribution in [-0.4, -0.2) is 28.9 Å². The smallest absolute Gasteiger partial charge is 0.225 e. The van der Waals surface area contributed by atoms with Crippen LogP contribution in [0.25, 0.3) is 0 Å². The normalized spacial score (nSPS) is 13.8. The Labute approximate surface area is 115 Å². The first-order valence-corrected chi connectivity index (χ1v) is 6.24. The van der Waals surface area contributed by atoms with Crippen LogP contribution in [0.4, 0.5) is 0 Å². The largest absolute Gasteiger partial charge is 0.439 e. The fourth-order valence-corrected chi connectivity index (χ4v) is 1.91. The summed E-state index contributed by atoms with van der Waals surface area (Å²) in [6.07, 6.45) is 1.55. The molecule has 3 rings (SSSR count). The molecule has 0 saturated heterocycles.